The van der Waals surface area contributed by atoms with E-state index in [9.17, 15) is 29.3 Å². The van der Waals surface area contributed by atoms with Crippen LogP contribution in [0, 0.1) is 10.1 Å². The summed E-state index contributed by atoms with van der Waals surface area (Å²) < 4.78 is 7.26. The highest BCUT2D eigenvalue weighted by Crippen LogP contribution is 2.28. The van der Waals surface area contributed by atoms with Crippen LogP contribution in [0.1, 0.15) is 22.8 Å². The Morgan fingerprint density at radius 2 is 1.94 bits per heavy atom. The molecule has 13 nitrogen and oxygen atoms in total. The van der Waals surface area contributed by atoms with E-state index in [2.05, 4.69) is 15.3 Å². The van der Waals surface area contributed by atoms with Gasteiger partial charge < -0.3 is 19.6 Å². The Labute approximate surface area is 202 Å². The summed E-state index contributed by atoms with van der Waals surface area (Å²) in [4.78, 5) is 66.3. The molecule has 4 aromatic rings. The first kappa shape index (κ1) is 24.1. The summed E-state index contributed by atoms with van der Waals surface area (Å²) in [5.74, 6) is -1.05. The normalized spacial score (nSPS) is 10.8. The van der Waals surface area contributed by atoms with Crippen molar-refractivity contribution in [3.63, 3.8) is 0 Å². The molecule has 0 saturated carbocycles. The Bertz CT molecular complexity index is 1590. The van der Waals surface area contributed by atoms with Crippen LogP contribution in [0.4, 0.5) is 5.69 Å². The van der Waals surface area contributed by atoms with E-state index in [0.717, 1.165) is 10.6 Å². The quantitative estimate of drug-likeness (QED) is 0.160. The Kier molecular flexibility index (Phi) is 6.72. The molecule has 0 spiro atoms. The molecule has 0 radical (unpaired) electrons. The number of nitrogens with one attached hydrogen (secondary N) is 2. The summed E-state index contributed by atoms with van der Waals surface area (Å²) in [6.45, 7) is 1.29. The van der Waals surface area contributed by atoms with Gasteiger partial charge in [0, 0.05) is 43.0 Å². The zero-order valence-corrected chi connectivity index (χ0v) is 19.0. The van der Waals surface area contributed by atoms with Crippen LogP contribution in [-0.2, 0) is 22.6 Å². The third-order valence-electron chi connectivity index (χ3n) is 5.29. The monoisotopic (exact) mass is 492 g/mol. The molecule has 2 N–H and O–H groups in total. The van der Waals surface area contributed by atoms with Crippen molar-refractivity contribution < 1.29 is 19.2 Å². The lowest BCUT2D eigenvalue weighted by Crippen LogP contribution is -2.38. The number of amides is 1. The van der Waals surface area contributed by atoms with Gasteiger partial charge >= 0.3 is 17.1 Å². The van der Waals surface area contributed by atoms with Crippen LogP contribution < -0.4 is 16.4 Å². The van der Waals surface area contributed by atoms with Gasteiger partial charge in [-0.3, -0.25) is 38.8 Å². The molecule has 4 rings (SSSR count). The van der Waals surface area contributed by atoms with E-state index in [-0.39, 0.29) is 41.5 Å². The molecule has 13 heteroatoms. The van der Waals surface area contributed by atoms with Crippen LogP contribution in [0.25, 0.3) is 16.7 Å². The third kappa shape index (κ3) is 4.89. The predicted octanol–water partition coefficient (Wildman–Crippen LogP) is 1.28. The minimum Gasteiger partial charge on any atom is -0.465 e. The summed E-state index contributed by atoms with van der Waals surface area (Å²) in [6.07, 6.45) is 6.14. The van der Waals surface area contributed by atoms with Crippen LogP contribution in [0.3, 0.4) is 0 Å². The van der Waals surface area contributed by atoms with Crippen molar-refractivity contribution in [2.75, 3.05) is 6.61 Å². The number of nitrogens with zero attached hydrogens (tertiary/aromatic N) is 4. The second-order valence-corrected chi connectivity index (χ2v) is 7.61. The maximum atomic E-state index is 12.5. The maximum absolute atomic E-state index is 12.5. The van der Waals surface area contributed by atoms with Crippen LogP contribution in [0.15, 0.2) is 64.7 Å². The third-order valence-corrected chi connectivity index (χ3v) is 5.29. The molecule has 1 amide bonds. The van der Waals surface area contributed by atoms with Gasteiger partial charge in [0.2, 0.25) is 0 Å². The van der Waals surface area contributed by atoms with Gasteiger partial charge in [0.15, 0.2) is 0 Å². The molecule has 36 heavy (non-hydrogen) atoms. The molecule has 0 fully saturated rings. The second-order valence-electron chi connectivity index (χ2n) is 7.61. The Balaban J connectivity index is 1.73. The maximum Gasteiger partial charge on any atom is 0.326 e. The number of carbonyl (C=O) groups is 2. The van der Waals surface area contributed by atoms with E-state index in [1.165, 1.54) is 23.0 Å². The Morgan fingerprint density at radius 1 is 1.19 bits per heavy atom. The van der Waals surface area contributed by atoms with Gasteiger partial charge in [-0.1, -0.05) is 0 Å². The summed E-state index contributed by atoms with van der Waals surface area (Å²) >= 11 is 0. The topological polar surface area (TPSA) is 171 Å². The lowest BCUT2D eigenvalue weighted by atomic mass is 10.2. The number of carbonyl (C=O) groups excluding carboxylic acids is 2. The first-order chi connectivity index (χ1) is 17.3. The molecular weight excluding hydrogens is 472 g/mol. The van der Waals surface area contributed by atoms with E-state index in [1.54, 1.807) is 37.5 Å². The number of fused-ring (bicyclic) bond motifs is 1. The van der Waals surface area contributed by atoms with Crippen molar-refractivity contribution in [2.45, 2.75) is 20.0 Å². The molecule has 0 atom stereocenters. The smallest absolute Gasteiger partial charge is 0.326 e. The van der Waals surface area contributed by atoms with Gasteiger partial charge in [-0.05, 0) is 36.8 Å². The molecule has 0 aliphatic heterocycles. The number of hydrogen-bond donors (Lipinski definition) is 2. The Morgan fingerprint density at radius 3 is 2.64 bits per heavy atom. The number of H-pyrrole nitrogens is 1. The van der Waals surface area contributed by atoms with Gasteiger partial charge in [0.1, 0.15) is 12.2 Å². The molecule has 3 aromatic heterocycles. The highest BCUT2D eigenvalue weighted by molar-refractivity contribution is 5.93. The molecule has 0 aliphatic carbocycles. The average molecular weight is 492 g/mol. The Hall–Kier alpha value is -5.07. The fraction of sp³-hybridized carbons (Fsp3) is 0.174. The largest absolute Gasteiger partial charge is 0.465 e. The summed E-state index contributed by atoms with van der Waals surface area (Å²) in [6, 6.07) is 7.26. The zero-order chi connectivity index (χ0) is 25.8. The highest BCUT2D eigenvalue weighted by atomic mass is 16.6. The minimum absolute atomic E-state index is 0.0105. The molecule has 3 heterocycles. The molecule has 0 saturated heterocycles. The molecule has 0 unspecified atom stereocenters. The fourth-order valence-corrected chi connectivity index (χ4v) is 3.63. The number of ether oxygens (including phenoxy) is 1. The predicted molar refractivity (Wildman–Crippen MR) is 127 cm³/mol. The van der Waals surface area contributed by atoms with Crippen LogP contribution in [-0.4, -0.2) is 42.5 Å². The summed E-state index contributed by atoms with van der Waals surface area (Å²) in [5, 5.41) is 14.6. The first-order valence-electron chi connectivity index (χ1n) is 10.7. The van der Waals surface area contributed by atoms with E-state index in [4.69, 9.17) is 4.74 Å². The van der Waals surface area contributed by atoms with E-state index >= 15 is 0 Å². The van der Waals surface area contributed by atoms with E-state index in [1.807, 2.05) is 0 Å². The molecule has 0 bridgehead atoms. The number of rotatable bonds is 8. The summed E-state index contributed by atoms with van der Waals surface area (Å²) in [7, 11) is 0. The molecule has 0 aliphatic rings. The van der Waals surface area contributed by atoms with Gasteiger partial charge in [-0.2, -0.15) is 0 Å². The van der Waals surface area contributed by atoms with Gasteiger partial charge in [-0.15, -0.1) is 0 Å². The fourth-order valence-electron chi connectivity index (χ4n) is 3.63. The van der Waals surface area contributed by atoms with Crippen LogP contribution >= 0.6 is 0 Å². The lowest BCUT2D eigenvalue weighted by molar-refractivity contribution is -0.384. The summed E-state index contributed by atoms with van der Waals surface area (Å²) in [5.41, 5.74) is -1.08. The van der Waals surface area contributed by atoms with Gasteiger partial charge in [0.25, 0.3) is 11.6 Å². The number of nitro benzene ring substituents is 1. The van der Waals surface area contributed by atoms with Crippen molar-refractivity contribution in [2.24, 2.45) is 0 Å². The number of pyridine rings is 1. The van der Waals surface area contributed by atoms with Gasteiger partial charge in [0.05, 0.1) is 22.6 Å². The number of aromatic nitrogens is 4. The highest BCUT2D eigenvalue weighted by Gasteiger charge is 2.21. The molecule has 184 valence electrons. The number of hydrogen-bond acceptors (Lipinski definition) is 8. The van der Waals surface area contributed by atoms with Crippen LogP contribution in [0.2, 0.25) is 0 Å². The van der Waals surface area contributed by atoms with Crippen LogP contribution in [0.5, 0.6) is 0 Å². The molecule has 1 aromatic carbocycles. The average Bonchev–Trinajstić information content (AvgIpc) is 3.34. The van der Waals surface area contributed by atoms with Crippen molar-refractivity contribution in [3.8, 4) is 5.69 Å². The molecular formula is C23H20N6O7. The van der Waals surface area contributed by atoms with E-state index in [0.29, 0.717) is 11.1 Å². The van der Waals surface area contributed by atoms with Gasteiger partial charge in [-0.25, -0.2) is 0 Å². The van der Waals surface area contributed by atoms with E-state index < -0.39 is 28.6 Å². The second kappa shape index (κ2) is 10.0. The van der Waals surface area contributed by atoms with Crippen molar-refractivity contribution in [3.05, 3.63) is 97.1 Å². The zero-order valence-electron chi connectivity index (χ0n) is 19.0. The number of benzene rings is 1. The lowest BCUT2D eigenvalue weighted by Gasteiger charge is -2.12. The van der Waals surface area contributed by atoms with Crippen molar-refractivity contribution in [1.29, 1.82) is 0 Å². The number of aromatic amines is 1. The first-order valence-corrected chi connectivity index (χ1v) is 10.7. The SMILES string of the molecule is CCOC(=O)Cn1c(=O)c(=O)[nH]c2cc([N+](=O)[O-])c(-n3ccc(CNC(=O)c4ccncc4)c3)cc21. The minimum atomic E-state index is -1.03. The number of nitro groups is 1. The van der Waals surface area contributed by atoms with Crippen molar-refractivity contribution in [1.82, 2.24) is 24.4 Å². The standard InChI is InChI=1S/C23H20N6O7/c1-2-36-20(30)13-28-17-10-18(19(29(34)35)9-16(17)26-22(32)23(28)33)27-8-5-14(12-27)11-25-21(31)15-3-6-24-7-4-15/h3-10,12H,2,11,13H2,1H3,(H,25,31)(H,26,32). The van der Waals surface area contributed by atoms with Crippen molar-refractivity contribution >= 4 is 28.6 Å². The number of esters is 1.